The summed E-state index contributed by atoms with van der Waals surface area (Å²) in [6.45, 7) is 7.99. The van der Waals surface area contributed by atoms with Gasteiger partial charge in [0, 0.05) is 50.2 Å². The Kier molecular flexibility index (Phi) is 5.83. The first-order valence-corrected chi connectivity index (χ1v) is 11.1. The number of rotatable bonds is 6. The Balaban J connectivity index is 1.17. The summed E-state index contributed by atoms with van der Waals surface area (Å²) in [4.78, 5) is 21.8. The number of nitrogens with zero attached hydrogens (tertiary/aromatic N) is 5. The van der Waals surface area contributed by atoms with Crippen molar-refractivity contribution in [1.29, 1.82) is 0 Å². The predicted octanol–water partition coefficient (Wildman–Crippen LogP) is 3.48. The highest BCUT2D eigenvalue weighted by atomic mass is 16.5. The molecule has 1 saturated heterocycles. The van der Waals surface area contributed by atoms with Gasteiger partial charge in [0.25, 0.3) is 5.91 Å². The van der Waals surface area contributed by atoms with E-state index >= 15 is 0 Å². The van der Waals surface area contributed by atoms with Crippen LogP contribution in [-0.2, 0) is 13.2 Å². The molecule has 0 bridgehead atoms. The van der Waals surface area contributed by atoms with Crippen molar-refractivity contribution in [3.63, 3.8) is 0 Å². The van der Waals surface area contributed by atoms with Crippen LogP contribution in [0.2, 0.25) is 0 Å². The SMILES string of the molecule is Cc1ccc2nc(COc3cccc(C(=O)N4CCN(Cc5cc(C)no5)CC4)c3)cn2c1. The zero-order valence-electron chi connectivity index (χ0n) is 18.9. The summed E-state index contributed by atoms with van der Waals surface area (Å²) in [7, 11) is 0. The molecule has 0 atom stereocenters. The monoisotopic (exact) mass is 445 g/mol. The van der Waals surface area contributed by atoms with Crippen LogP contribution in [0.5, 0.6) is 5.75 Å². The molecule has 8 heteroatoms. The molecular weight excluding hydrogens is 418 g/mol. The number of aromatic nitrogens is 3. The van der Waals surface area contributed by atoms with Gasteiger partial charge < -0.3 is 18.6 Å². The molecule has 4 heterocycles. The van der Waals surface area contributed by atoms with Crippen molar-refractivity contribution >= 4 is 11.6 Å². The van der Waals surface area contributed by atoms with Crippen molar-refractivity contribution < 1.29 is 14.1 Å². The molecule has 3 aromatic heterocycles. The van der Waals surface area contributed by atoms with Gasteiger partial charge in [-0.2, -0.15) is 0 Å². The highest BCUT2D eigenvalue weighted by Gasteiger charge is 2.23. The fourth-order valence-corrected chi connectivity index (χ4v) is 4.10. The first kappa shape index (κ1) is 21.2. The topological polar surface area (TPSA) is 76.1 Å². The minimum Gasteiger partial charge on any atom is -0.487 e. The smallest absolute Gasteiger partial charge is 0.254 e. The summed E-state index contributed by atoms with van der Waals surface area (Å²) < 4.78 is 13.3. The van der Waals surface area contributed by atoms with E-state index in [0.717, 1.165) is 42.4 Å². The summed E-state index contributed by atoms with van der Waals surface area (Å²) in [5.41, 5.74) is 4.43. The van der Waals surface area contributed by atoms with Crippen molar-refractivity contribution in [2.24, 2.45) is 0 Å². The molecule has 5 rings (SSSR count). The van der Waals surface area contributed by atoms with E-state index in [1.807, 2.05) is 71.1 Å². The normalized spacial score (nSPS) is 14.7. The first-order chi connectivity index (χ1) is 16.0. The second-order valence-corrected chi connectivity index (χ2v) is 8.52. The Hall–Kier alpha value is -3.65. The summed E-state index contributed by atoms with van der Waals surface area (Å²) >= 11 is 0. The Morgan fingerprint density at radius 2 is 1.91 bits per heavy atom. The van der Waals surface area contributed by atoms with Crippen molar-refractivity contribution in [3.05, 3.63) is 83.1 Å². The second kappa shape index (κ2) is 9.07. The van der Waals surface area contributed by atoms with E-state index in [1.165, 1.54) is 5.56 Å². The summed E-state index contributed by atoms with van der Waals surface area (Å²) in [5, 5.41) is 3.94. The maximum Gasteiger partial charge on any atom is 0.254 e. The minimum atomic E-state index is 0.0267. The number of hydrogen-bond donors (Lipinski definition) is 0. The average molecular weight is 446 g/mol. The molecule has 1 amide bonds. The summed E-state index contributed by atoms with van der Waals surface area (Å²) in [6.07, 6.45) is 4.01. The van der Waals surface area contributed by atoms with Crippen LogP contribution in [0, 0.1) is 13.8 Å². The Morgan fingerprint density at radius 1 is 1.06 bits per heavy atom. The third-order valence-corrected chi connectivity index (χ3v) is 5.83. The number of imidazole rings is 1. The zero-order valence-corrected chi connectivity index (χ0v) is 18.9. The van der Waals surface area contributed by atoms with Crippen molar-refractivity contribution in [2.45, 2.75) is 27.0 Å². The number of hydrogen-bond acceptors (Lipinski definition) is 6. The number of piperazine rings is 1. The van der Waals surface area contributed by atoms with Crippen LogP contribution in [-0.4, -0.2) is 56.4 Å². The van der Waals surface area contributed by atoms with Gasteiger partial charge in [-0.3, -0.25) is 9.69 Å². The lowest BCUT2D eigenvalue weighted by molar-refractivity contribution is 0.0617. The molecule has 1 aromatic carbocycles. The van der Waals surface area contributed by atoms with Crippen LogP contribution in [0.25, 0.3) is 5.65 Å². The Bertz CT molecular complexity index is 1270. The molecule has 0 unspecified atom stereocenters. The van der Waals surface area contributed by atoms with Gasteiger partial charge in [0.15, 0.2) is 5.76 Å². The molecular formula is C25H27N5O3. The largest absolute Gasteiger partial charge is 0.487 e. The fraction of sp³-hybridized carbons (Fsp3) is 0.320. The van der Waals surface area contributed by atoms with Gasteiger partial charge in [-0.25, -0.2) is 4.98 Å². The number of carbonyl (C=O) groups excluding carboxylic acids is 1. The van der Waals surface area contributed by atoms with Crippen LogP contribution in [0.3, 0.4) is 0 Å². The third kappa shape index (κ3) is 4.90. The van der Waals surface area contributed by atoms with Gasteiger partial charge in [-0.15, -0.1) is 0 Å². The summed E-state index contributed by atoms with van der Waals surface area (Å²) in [5.74, 6) is 1.55. The molecule has 1 aliphatic rings. The molecule has 1 fully saturated rings. The van der Waals surface area contributed by atoms with Crippen LogP contribution in [0.4, 0.5) is 0 Å². The highest BCUT2D eigenvalue weighted by molar-refractivity contribution is 5.94. The minimum absolute atomic E-state index is 0.0267. The number of fused-ring (bicyclic) bond motifs is 1. The molecule has 4 aromatic rings. The molecule has 1 aliphatic heterocycles. The lowest BCUT2D eigenvalue weighted by atomic mass is 10.1. The van der Waals surface area contributed by atoms with E-state index in [-0.39, 0.29) is 5.91 Å². The van der Waals surface area contributed by atoms with E-state index < -0.39 is 0 Å². The molecule has 0 N–H and O–H groups in total. The quantitative estimate of drug-likeness (QED) is 0.452. The molecule has 0 spiro atoms. The van der Waals surface area contributed by atoms with E-state index in [1.54, 1.807) is 0 Å². The number of pyridine rings is 1. The van der Waals surface area contributed by atoms with Crippen LogP contribution in [0.1, 0.15) is 33.1 Å². The summed E-state index contributed by atoms with van der Waals surface area (Å²) in [6, 6.07) is 13.4. The maximum absolute atomic E-state index is 13.1. The average Bonchev–Trinajstić information content (AvgIpc) is 3.42. The molecule has 0 saturated carbocycles. The van der Waals surface area contributed by atoms with E-state index in [9.17, 15) is 4.79 Å². The van der Waals surface area contributed by atoms with Gasteiger partial charge in [0.1, 0.15) is 18.0 Å². The van der Waals surface area contributed by atoms with Crippen molar-refractivity contribution in [1.82, 2.24) is 24.3 Å². The molecule has 33 heavy (non-hydrogen) atoms. The Morgan fingerprint density at radius 3 is 2.70 bits per heavy atom. The fourth-order valence-electron chi connectivity index (χ4n) is 4.10. The number of amides is 1. The highest BCUT2D eigenvalue weighted by Crippen LogP contribution is 2.18. The molecule has 8 nitrogen and oxygen atoms in total. The van der Waals surface area contributed by atoms with Crippen molar-refractivity contribution in [2.75, 3.05) is 26.2 Å². The number of benzene rings is 1. The van der Waals surface area contributed by atoms with Crippen molar-refractivity contribution in [3.8, 4) is 5.75 Å². The number of aryl methyl sites for hydroxylation is 2. The van der Waals surface area contributed by atoms with Gasteiger partial charge >= 0.3 is 0 Å². The van der Waals surface area contributed by atoms with E-state index in [2.05, 4.69) is 22.0 Å². The predicted molar refractivity (Wildman–Crippen MR) is 123 cm³/mol. The lowest BCUT2D eigenvalue weighted by Gasteiger charge is -2.34. The van der Waals surface area contributed by atoms with Gasteiger partial charge in [-0.1, -0.05) is 17.3 Å². The standard InChI is InChI=1S/C25H27N5O3/c1-18-6-7-24-26-21(15-30(24)14-18)17-32-22-5-3-4-20(13-22)25(31)29-10-8-28(9-11-29)16-23-12-19(2)27-33-23/h3-7,12-15H,8-11,16-17H2,1-2H3. The van der Waals surface area contributed by atoms with Gasteiger partial charge in [0.2, 0.25) is 0 Å². The van der Waals surface area contributed by atoms with Gasteiger partial charge in [0.05, 0.1) is 17.9 Å². The molecule has 170 valence electrons. The molecule has 0 radical (unpaired) electrons. The zero-order chi connectivity index (χ0) is 22.8. The number of ether oxygens (including phenoxy) is 1. The van der Waals surface area contributed by atoms with Crippen LogP contribution in [0.15, 0.2) is 59.4 Å². The third-order valence-electron chi connectivity index (χ3n) is 5.83. The van der Waals surface area contributed by atoms with Crippen LogP contribution < -0.4 is 4.74 Å². The lowest BCUT2D eigenvalue weighted by Crippen LogP contribution is -2.48. The van der Waals surface area contributed by atoms with E-state index in [4.69, 9.17) is 9.26 Å². The Labute approximate surface area is 192 Å². The maximum atomic E-state index is 13.1. The van der Waals surface area contributed by atoms with Gasteiger partial charge in [-0.05, 0) is 43.7 Å². The van der Waals surface area contributed by atoms with E-state index in [0.29, 0.717) is 31.0 Å². The first-order valence-electron chi connectivity index (χ1n) is 11.1. The van der Waals surface area contributed by atoms with Crippen LogP contribution >= 0.6 is 0 Å². The second-order valence-electron chi connectivity index (χ2n) is 8.52. The number of carbonyl (C=O) groups is 1. The molecule has 0 aliphatic carbocycles.